The maximum absolute atomic E-state index is 12.8. The van der Waals surface area contributed by atoms with Gasteiger partial charge in [0.25, 0.3) is 0 Å². The van der Waals surface area contributed by atoms with Crippen LogP contribution in [0.15, 0.2) is 54.6 Å². The molecule has 0 radical (unpaired) electrons. The molecule has 1 amide bonds. The number of Topliss-reactive ketones (excluding diaryl/α,β-unsaturated/α-hetero) is 1. The second-order valence-corrected chi connectivity index (χ2v) is 7.17. The molecule has 1 fully saturated rings. The zero-order valence-electron chi connectivity index (χ0n) is 16.3. The fourth-order valence-corrected chi connectivity index (χ4v) is 3.53. The van der Waals surface area contributed by atoms with E-state index in [4.69, 9.17) is 0 Å². The Labute approximate surface area is 161 Å². The van der Waals surface area contributed by atoms with E-state index >= 15 is 0 Å². The highest BCUT2D eigenvalue weighted by molar-refractivity contribution is 5.94. The highest BCUT2D eigenvalue weighted by Crippen LogP contribution is 2.26. The van der Waals surface area contributed by atoms with Gasteiger partial charge in [0.05, 0.1) is 0 Å². The molecule has 1 atom stereocenters. The SMILES string of the molecule is CC(=O)c1ccc(N2CCN(C(C(=O)N(C)C)c3ccccc3)CC2)cc1. The summed E-state index contributed by atoms with van der Waals surface area (Å²) in [5, 5.41) is 0. The molecule has 142 valence electrons. The van der Waals surface area contributed by atoms with E-state index in [0.29, 0.717) is 0 Å². The number of amides is 1. The summed E-state index contributed by atoms with van der Waals surface area (Å²) in [6, 6.07) is 17.5. The summed E-state index contributed by atoms with van der Waals surface area (Å²) in [6.45, 7) is 4.91. The largest absolute Gasteiger partial charge is 0.369 e. The van der Waals surface area contributed by atoms with Crippen molar-refractivity contribution in [2.75, 3.05) is 45.2 Å². The standard InChI is InChI=1S/C22H27N3O2/c1-17(26)18-9-11-20(12-10-18)24-13-15-25(16-14-24)21(22(27)23(2)3)19-7-5-4-6-8-19/h4-12,21H,13-16H2,1-3H3. The van der Waals surface area contributed by atoms with E-state index in [1.54, 1.807) is 11.8 Å². The Morgan fingerprint density at radius 1 is 0.889 bits per heavy atom. The van der Waals surface area contributed by atoms with Gasteiger partial charge in [0, 0.05) is 51.5 Å². The summed E-state index contributed by atoms with van der Waals surface area (Å²) in [6.07, 6.45) is 0. The van der Waals surface area contributed by atoms with Crippen LogP contribution in [0, 0.1) is 0 Å². The normalized spacial score (nSPS) is 16.0. The lowest BCUT2D eigenvalue weighted by Crippen LogP contribution is -2.51. The highest BCUT2D eigenvalue weighted by atomic mass is 16.2. The number of carbonyl (C=O) groups is 2. The van der Waals surface area contributed by atoms with Crippen molar-refractivity contribution in [2.24, 2.45) is 0 Å². The fourth-order valence-electron chi connectivity index (χ4n) is 3.53. The van der Waals surface area contributed by atoms with E-state index in [9.17, 15) is 9.59 Å². The minimum Gasteiger partial charge on any atom is -0.369 e. The average Bonchev–Trinajstić information content (AvgIpc) is 2.69. The van der Waals surface area contributed by atoms with Crippen molar-refractivity contribution in [3.05, 3.63) is 65.7 Å². The number of piperazine rings is 1. The molecule has 0 spiro atoms. The molecule has 0 saturated carbocycles. The van der Waals surface area contributed by atoms with Gasteiger partial charge >= 0.3 is 0 Å². The average molecular weight is 365 g/mol. The van der Waals surface area contributed by atoms with Crippen LogP contribution in [0.5, 0.6) is 0 Å². The number of carbonyl (C=O) groups excluding carboxylic acids is 2. The lowest BCUT2D eigenvalue weighted by Gasteiger charge is -2.40. The number of ketones is 1. The Balaban J connectivity index is 1.72. The number of benzene rings is 2. The first-order chi connectivity index (χ1) is 13.0. The van der Waals surface area contributed by atoms with Gasteiger partial charge in [-0.05, 0) is 36.8 Å². The highest BCUT2D eigenvalue weighted by Gasteiger charge is 2.31. The molecule has 3 rings (SSSR count). The Kier molecular flexibility index (Phi) is 5.91. The minimum absolute atomic E-state index is 0.0827. The topological polar surface area (TPSA) is 43.9 Å². The minimum atomic E-state index is -0.247. The van der Waals surface area contributed by atoms with Gasteiger partial charge in [-0.1, -0.05) is 30.3 Å². The van der Waals surface area contributed by atoms with Crippen molar-refractivity contribution in [3.63, 3.8) is 0 Å². The van der Waals surface area contributed by atoms with Gasteiger partial charge in [0.1, 0.15) is 6.04 Å². The molecule has 2 aromatic rings. The molecule has 1 saturated heterocycles. The Hall–Kier alpha value is -2.66. The number of hydrogen-bond acceptors (Lipinski definition) is 4. The van der Waals surface area contributed by atoms with Crippen LogP contribution in [0.3, 0.4) is 0 Å². The monoisotopic (exact) mass is 365 g/mol. The van der Waals surface area contributed by atoms with Crippen LogP contribution in [0.1, 0.15) is 28.9 Å². The van der Waals surface area contributed by atoms with Crippen molar-refractivity contribution >= 4 is 17.4 Å². The van der Waals surface area contributed by atoms with E-state index in [-0.39, 0.29) is 17.7 Å². The smallest absolute Gasteiger partial charge is 0.244 e. The molecule has 0 aliphatic carbocycles. The van der Waals surface area contributed by atoms with Crippen LogP contribution in [0.25, 0.3) is 0 Å². The molecule has 5 nitrogen and oxygen atoms in total. The van der Waals surface area contributed by atoms with Gasteiger partial charge < -0.3 is 9.80 Å². The number of nitrogens with zero attached hydrogens (tertiary/aromatic N) is 3. The third kappa shape index (κ3) is 4.37. The lowest BCUT2D eigenvalue weighted by atomic mass is 10.0. The van der Waals surface area contributed by atoms with Crippen molar-refractivity contribution in [2.45, 2.75) is 13.0 Å². The zero-order chi connectivity index (χ0) is 19.4. The molecule has 0 bridgehead atoms. The first-order valence-electron chi connectivity index (χ1n) is 9.33. The van der Waals surface area contributed by atoms with E-state index < -0.39 is 0 Å². The first-order valence-corrected chi connectivity index (χ1v) is 9.33. The first kappa shape index (κ1) is 19.1. The summed E-state index contributed by atoms with van der Waals surface area (Å²) >= 11 is 0. The van der Waals surface area contributed by atoms with Crippen LogP contribution in [-0.4, -0.2) is 61.8 Å². The molecule has 1 aliphatic heterocycles. The molecule has 1 unspecified atom stereocenters. The van der Waals surface area contributed by atoms with Crippen LogP contribution in [0.4, 0.5) is 5.69 Å². The quantitative estimate of drug-likeness (QED) is 0.765. The predicted molar refractivity (Wildman–Crippen MR) is 108 cm³/mol. The van der Waals surface area contributed by atoms with Gasteiger partial charge in [0.15, 0.2) is 5.78 Å². The maximum Gasteiger partial charge on any atom is 0.244 e. The number of anilines is 1. The van der Waals surface area contributed by atoms with Gasteiger partial charge in [-0.25, -0.2) is 0 Å². The number of rotatable bonds is 5. The predicted octanol–water partition coefficient (Wildman–Crippen LogP) is 2.84. The lowest BCUT2D eigenvalue weighted by molar-refractivity contribution is -0.134. The van der Waals surface area contributed by atoms with E-state index in [2.05, 4.69) is 9.80 Å². The van der Waals surface area contributed by atoms with Gasteiger partial charge in [-0.3, -0.25) is 14.5 Å². The molecule has 5 heteroatoms. The van der Waals surface area contributed by atoms with Crippen molar-refractivity contribution in [3.8, 4) is 0 Å². The van der Waals surface area contributed by atoms with Crippen LogP contribution < -0.4 is 4.90 Å². The number of hydrogen-bond donors (Lipinski definition) is 0. The summed E-state index contributed by atoms with van der Waals surface area (Å²) < 4.78 is 0. The Morgan fingerprint density at radius 2 is 1.48 bits per heavy atom. The van der Waals surface area contributed by atoms with Gasteiger partial charge in [0.2, 0.25) is 5.91 Å². The molecule has 1 heterocycles. The Bertz CT molecular complexity index is 779. The molecule has 0 N–H and O–H groups in total. The molecular weight excluding hydrogens is 338 g/mol. The van der Waals surface area contributed by atoms with E-state index in [0.717, 1.165) is 43.0 Å². The number of likely N-dealkylation sites (N-methyl/N-ethyl adjacent to an activating group) is 1. The third-order valence-corrected chi connectivity index (χ3v) is 5.11. The fraction of sp³-hybridized carbons (Fsp3) is 0.364. The summed E-state index contributed by atoms with van der Waals surface area (Å²) in [4.78, 5) is 30.5. The van der Waals surface area contributed by atoms with Gasteiger partial charge in [-0.2, -0.15) is 0 Å². The summed E-state index contributed by atoms with van der Waals surface area (Å²) in [5.74, 6) is 0.194. The van der Waals surface area contributed by atoms with E-state index in [1.165, 1.54) is 0 Å². The van der Waals surface area contributed by atoms with Crippen LogP contribution in [-0.2, 0) is 4.79 Å². The van der Waals surface area contributed by atoms with Crippen LogP contribution >= 0.6 is 0 Å². The second-order valence-electron chi connectivity index (χ2n) is 7.17. The zero-order valence-corrected chi connectivity index (χ0v) is 16.3. The van der Waals surface area contributed by atoms with Crippen LogP contribution in [0.2, 0.25) is 0 Å². The Morgan fingerprint density at radius 3 is 2.00 bits per heavy atom. The molecular formula is C22H27N3O2. The van der Waals surface area contributed by atoms with Crippen molar-refractivity contribution in [1.82, 2.24) is 9.80 Å². The molecule has 1 aliphatic rings. The third-order valence-electron chi connectivity index (χ3n) is 5.11. The summed E-state index contributed by atoms with van der Waals surface area (Å²) in [5.41, 5.74) is 2.89. The van der Waals surface area contributed by atoms with Crippen molar-refractivity contribution in [1.29, 1.82) is 0 Å². The second kappa shape index (κ2) is 8.35. The molecule has 0 aromatic heterocycles. The van der Waals surface area contributed by atoms with Gasteiger partial charge in [-0.15, -0.1) is 0 Å². The van der Waals surface area contributed by atoms with E-state index in [1.807, 2.05) is 68.7 Å². The molecule has 27 heavy (non-hydrogen) atoms. The maximum atomic E-state index is 12.8. The summed E-state index contributed by atoms with van der Waals surface area (Å²) in [7, 11) is 3.62. The molecule has 2 aromatic carbocycles. The van der Waals surface area contributed by atoms with Crippen molar-refractivity contribution < 1.29 is 9.59 Å².